The van der Waals surface area contributed by atoms with Crippen molar-refractivity contribution in [3.63, 3.8) is 0 Å². The summed E-state index contributed by atoms with van der Waals surface area (Å²) >= 11 is 3.52. The summed E-state index contributed by atoms with van der Waals surface area (Å²) in [6, 6.07) is 21.0. The van der Waals surface area contributed by atoms with E-state index in [1.165, 1.54) is 39.3 Å². The van der Waals surface area contributed by atoms with Gasteiger partial charge in [-0.2, -0.15) is 0 Å². The van der Waals surface area contributed by atoms with Crippen molar-refractivity contribution in [2.45, 2.75) is 24.5 Å². The van der Waals surface area contributed by atoms with Gasteiger partial charge in [0.25, 0.3) is 0 Å². The lowest BCUT2D eigenvalue weighted by molar-refractivity contribution is 0.580. The molecule has 1 unspecified atom stereocenters. The molecule has 0 amide bonds. The predicted molar refractivity (Wildman–Crippen MR) is 123 cm³/mol. The molecular formula is C25H21BrO2S. The molecule has 2 aliphatic carbocycles. The van der Waals surface area contributed by atoms with Gasteiger partial charge in [0.05, 0.1) is 5.25 Å². The van der Waals surface area contributed by atoms with Crippen LogP contribution in [0.4, 0.5) is 0 Å². The van der Waals surface area contributed by atoms with E-state index in [1.54, 1.807) is 0 Å². The Hall–Kier alpha value is -2.17. The van der Waals surface area contributed by atoms with Gasteiger partial charge in [-0.05, 0) is 75.2 Å². The maximum absolute atomic E-state index is 12.6. The number of benzene rings is 3. The van der Waals surface area contributed by atoms with Gasteiger partial charge in [0.15, 0.2) is 9.84 Å². The molecule has 2 aliphatic rings. The Balaban J connectivity index is 1.90. The maximum Gasteiger partial charge on any atom is 0.154 e. The number of hydrogen-bond acceptors (Lipinski definition) is 2. The van der Waals surface area contributed by atoms with Crippen LogP contribution >= 0.6 is 15.9 Å². The monoisotopic (exact) mass is 464 g/mol. The van der Waals surface area contributed by atoms with Crippen LogP contribution in [0.1, 0.15) is 34.8 Å². The summed E-state index contributed by atoms with van der Waals surface area (Å²) in [5.41, 5.74) is 7.15. The summed E-state index contributed by atoms with van der Waals surface area (Å²) in [5.74, 6) is 0. The zero-order valence-electron chi connectivity index (χ0n) is 16.2. The molecule has 5 rings (SSSR count). The fourth-order valence-corrected chi connectivity index (χ4v) is 6.27. The van der Waals surface area contributed by atoms with E-state index in [4.69, 9.17) is 0 Å². The van der Waals surface area contributed by atoms with E-state index in [-0.39, 0.29) is 0 Å². The highest BCUT2D eigenvalue weighted by Gasteiger charge is 2.30. The molecule has 0 aromatic heterocycles. The van der Waals surface area contributed by atoms with Gasteiger partial charge in [-0.15, -0.1) is 0 Å². The first-order chi connectivity index (χ1) is 13.9. The van der Waals surface area contributed by atoms with E-state index in [9.17, 15) is 8.42 Å². The minimum absolute atomic E-state index is 0.437. The van der Waals surface area contributed by atoms with Crippen molar-refractivity contribution in [3.8, 4) is 11.1 Å². The lowest BCUT2D eigenvalue weighted by Gasteiger charge is -2.26. The second-order valence-corrected chi connectivity index (χ2v) is 11.0. The van der Waals surface area contributed by atoms with Crippen molar-refractivity contribution in [1.29, 1.82) is 0 Å². The van der Waals surface area contributed by atoms with Crippen LogP contribution in [0, 0.1) is 0 Å². The van der Waals surface area contributed by atoms with Crippen LogP contribution in [0.2, 0.25) is 0 Å². The van der Waals surface area contributed by atoms with Gasteiger partial charge in [-0.1, -0.05) is 70.5 Å². The first-order valence-electron chi connectivity index (χ1n) is 9.83. The summed E-state index contributed by atoms with van der Waals surface area (Å²) < 4.78 is 26.2. The second kappa shape index (κ2) is 6.96. The first-order valence-corrected chi connectivity index (χ1v) is 12.6. The molecule has 146 valence electrons. The molecule has 0 spiro atoms. The molecule has 29 heavy (non-hydrogen) atoms. The first kappa shape index (κ1) is 18.8. The molecule has 0 radical (unpaired) electrons. The highest BCUT2D eigenvalue weighted by atomic mass is 79.9. The lowest BCUT2D eigenvalue weighted by Crippen LogP contribution is -2.39. The van der Waals surface area contributed by atoms with E-state index in [1.807, 2.05) is 6.07 Å². The van der Waals surface area contributed by atoms with E-state index in [0.717, 1.165) is 28.1 Å². The summed E-state index contributed by atoms with van der Waals surface area (Å²) in [6.07, 6.45) is 5.91. The van der Waals surface area contributed by atoms with Crippen molar-refractivity contribution in [2.75, 3.05) is 6.26 Å². The molecule has 0 bridgehead atoms. The van der Waals surface area contributed by atoms with Crippen molar-refractivity contribution < 1.29 is 8.42 Å². The molecule has 2 nitrogen and oxygen atoms in total. The fourth-order valence-electron chi connectivity index (χ4n) is 4.80. The van der Waals surface area contributed by atoms with Gasteiger partial charge in [0.1, 0.15) is 0 Å². The largest absolute Gasteiger partial charge is 0.228 e. The maximum atomic E-state index is 12.6. The average Bonchev–Trinajstić information content (AvgIpc) is 2.72. The second-order valence-electron chi connectivity index (χ2n) is 7.90. The zero-order chi connectivity index (χ0) is 20.2. The van der Waals surface area contributed by atoms with E-state index < -0.39 is 15.1 Å². The minimum Gasteiger partial charge on any atom is -0.228 e. The van der Waals surface area contributed by atoms with Crippen molar-refractivity contribution in [3.05, 3.63) is 92.3 Å². The number of hydrogen-bond donors (Lipinski definition) is 0. The van der Waals surface area contributed by atoms with E-state index in [0.29, 0.717) is 6.42 Å². The lowest BCUT2D eigenvalue weighted by atomic mass is 9.83. The average molecular weight is 465 g/mol. The van der Waals surface area contributed by atoms with Gasteiger partial charge in [-0.3, -0.25) is 0 Å². The van der Waals surface area contributed by atoms with Crippen LogP contribution < -0.4 is 10.4 Å². The molecule has 4 heteroatoms. The normalized spacial score (nSPS) is 17.7. The van der Waals surface area contributed by atoms with Gasteiger partial charge >= 0.3 is 0 Å². The Kier molecular flexibility index (Phi) is 4.52. The van der Waals surface area contributed by atoms with Gasteiger partial charge in [0.2, 0.25) is 0 Å². The third-order valence-electron chi connectivity index (χ3n) is 6.13. The van der Waals surface area contributed by atoms with Crippen LogP contribution in [0.25, 0.3) is 22.8 Å². The zero-order valence-corrected chi connectivity index (χ0v) is 18.6. The number of rotatable bonds is 2. The van der Waals surface area contributed by atoms with Crippen LogP contribution in [0.5, 0.6) is 0 Å². The topological polar surface area (TPSA) is 34.1 Å². The third-order valence-corrected chi connectivity index (χ3v) is 8.18. The molecule has 3 aromatic rings. The molecule has 0 N–H and O–H groups in total. The smallest absolute Gasteiger partial charge is 0.154 e. The fraction of sp³-hybridized carbons (Fsp3) is 0.200. The van der Waals surface area contributed by atoms with Gasteiger partial charge in [-0.25, -0.2) is 8.42 Å². The van der Waals surface area contributed by atoms with E-state index >= 15 is 0 Å². The Morgan fingerprint density at radius 2 is 1.69 bits per heavy atom. The molecule has 1 atom stereocenters. The van der Waals surface area contributed by atoms with Crippen molar-refractivity contribution in [1.82, 2.24) is 0 Å². The molecule has 3 aromatic carbocycles. The van der Waals surface area contributed by atoms with Crippen LogP contribution in [0.15, 0.2) is 65.1 Å². The standard InChI is InChI=1S/C25H21BrO2S/c1-29(27,28)24-15-14-20(17-6-9-18(26)10-7-17)25-22-11-8-16-4-2-3-5-19(16)21(22)12-13-23(24)25/h2-7,9-13,24H,8,14-15H2,1H3. The van der Waals surface area contributed by atoms with Gasteiger partial charge < -0.3 is 0 Å². The summed E-state index contributed by atoms with van der Waals surface area (Å²) in [7, 11) is -3.17. The quantitative estimate of drug-likeness (QED) is 0.558. The number of sulfone groups is 1. The Morgan fingerprint density at radius 1 is 0.931 bits per heavy atom. The van der Waals surface area contributed by atoms with Crippen LogP contribution in [-0.4, -0.2) is 14.7 Å². The van der Waals surface area contributed by atoms with E-state index in [2.05, 4.69) is 76.6 Å². The number of fused-ring (bicyclic) bond motifs is 5. The Labute approximate surface area is 179 Å². The van der Waals surface area contributed by atoms with Crippen molar-refractivity contribution >= 4 is 37.4 Å². The molecule has 0 fully saturated rings. The summed E-state index contributed by atoms with van der Waals surface area (Å²) in [6.45, 7) is 0. The Bertz CT molecular complexity index is 1350. The predicted octanol–water partition coefficient (Wildman–Crippen LogP) is 4.53. The molecule has 0 saturated carbocycles. The third kappa shape index (κ3) is 3.19. The van der Waals surface area contributed by atoms with Crippen LogP contribution in [0.3, 0.4) is 0 Å². The molecule has 0 saturated heterocycles. The summed E-state index contributed by atoms with van der Waals surface area (Å²) in [5, 5.41) is 1.88. The van der Waals surface area contributed by atoms with Crippen LogP contribution in [-0.2, 0) is 16.3 Å². The highest BCUT2D eigenvalue weighted by Crippen LogP contribution is 2.34. The molecule has 0 aliphatic heterocycles. The summed E-state index contributed by atoms with van der Waals surface area (Å²) in [4.78, 5) is 0. The SMILES string of the molecule is CS(=O)(=O)C1CCC(c2ccc(Br)cc2)=c2c1ccc1c2=CCc2ccccc2-1. The highest BCUT2D eigenvalue weighted by molar-refractivity contribution is 9.10. The molecule has 0 heterocycles. The Morgan fingerprint density at radius 3 is 2.45 bits per heavy atom. The molecular weight excluding hydrogens is 444 g/mol. The number of halogens is 1. The van der Waals surface area contributed by atoms with Gasteiger partial charge in [0, 0.05) is 10.7 Å². The minimum atomic E-state index is -3.17. The van der Waals surface area contributed by atoms with Crippen molar-refractivity contribution in [2.24, 2.45) is 0 Å².